The number of aryl methyl sites for hydroxylation is 1. The number of halogens is 1. The summed E-state index contributed by atoms with van der Waals surface area (Å²) in [6, 6.07) is 9.99. The third-order valence-corrected chi connectivity index (χ3v) is 5.52. The van der Waals surface area contributed by atoms with Crippen LogP contribution in [0.4, 0.5) is 4.39 Å². The van der Waals surface area contributed by atoms with Gasteiger partial charge in [0, 0.05) is 35.9 Å². The Morgan fingerprint density at radius 1 is 1.19 bits per heavy atom. The molecular formula is C21H23FN2O2S. The van der Waals surface area contributed by atoms with Crippen LogP contribution in [0.5, 0.6) is 11.5 Å². The van der Waals surface area contributed by atoms with Crippen molar-refractivity contribution in [2.24, 2.45) is 0 Å². The highest BCUT2D eigenvalue weighted by Crippen LogP contribution is 2.49. The number of hydrogen-bond donors (Lipinski definition) is 3. The zero-order chi connectivity index (χ0) is 19.4. The zero-order valence-corrected chi connectivity index (χ0v) is 16.4. The van der Waals surface area contributed by atoms with Gasteiger partial charge >= 0.3 is 0 Å². The second-order valence-electron chi connectivity index (χ2n) is 8.22. The third kappa shape index (κ3) is 3.34. The first-order valence-corrected chi connectivity index (χ1v) is 9.46. The molecule has 142 valence electrons. The lowest BCUT2D eigenvalue weighted by Crippen LogP contribution is -2.69. The molecule has 0 amide bonds. The SMILES string of the molecule is Cc1cc(O)cc2c1[C@@H](c1ccc(F)cc1)C[C@@]1(CC(C)(C)NC(=S)N1)O2. The number of thiocarbonyl (C=S) groups is 1. The Morgan fingerprint density at radius 2 is 1.89 bits per heavy atom. The highest BCUT2D eigenvalue weighted by molar-refractivity contribution is 7.80. The van der Waals surface area contributed by atoms with Gasteiger partial charge in [-0.3, -0.25) is 0 Å². The molecule has 3 N–H and O–H groups in total. The summed E-state index contributed by atoms with van der Waals surface area (Å²) in [5.74, 6) is 0.544. The molecule has 1 spiro atoms. The first-order valence-electron chi connectivity index (χ1n) is 9.05. The van der Waals surface area contributed by atoms with E-state index in [4.69, 9.17) is 17.0 Å². The van der Waals surface area contributed by atoms with Crippen molar-refractivity contribution in [3.63, 3.8) is 0 Å². The molecule has 2 atom stereocenters. The van der Waals surface area contributed by atoms with Gasteiger partial charge < -0.3 is 20.5 Å². The molecule has 1 saturated heterocycles. The van der Waals surface area contributed by atoms with Crippen molar-refractivity contribution in [1.29, 1.82) is 0 Å². The Bertz CT molecular complexity index is 913. The first kappa shape index (κ1) is 18.0. The molecule has 0 aromatic heterocycles. The fourth-order valence-corrected chi connectivity index (χ4v) is 4.94. The van der Waals surface area contributed by atoms with E-state index >= 15 is 0 Å². The minimum absolute atomic E-state index is 0.000787. The van der Waals surface area contributed by atoms with Gasteiger partial charge in [-0.2, -0.15) is 0 Å². The molecule has 0 aliphatic carbocycles. The summed E-state index contributed by atoms with van der Waals surface area (Å²) < 4.78 is 19.9. The minimum Gasteiger partial charge on any atom is -0.508 e. The van der Waals surface area contributed by atoms with Crippen molar-refractivity contribution in [3.05, 3.63) is 58.9 Å². The summed E-state index contributed by atoms with van der Waals surface area (Å²) in [5, 5.41) is 17.3. The standard InChI is InChI=1S/C21H23FN2O2S/c1-12-8-15(25)9-17-18(12)16(13-4-6-14(22)7-5-13)10-21(26-17)11-20(2,3)23-19(27)24-21/h4-9,16,25H,10-11H2,1-3H3,(H2,23,24,27)/t16-,21+/m1/s1. The van der Waals surface area contributed by atoms with E-state index in [-0.39, 0.29) is 23.0 Å². The van der Waals surface area contributed by atoms with Gasteiger partial charge in [0.05, 0.1) is 0 Å². The van der Waals surface area contributed by atoms with Crippen molar-refractivity contribution in [3.8, 4) is 11.5 Å². The first-order chi connectivity index (χ1) is 12.7. The summed E-state index contributed by atoms with van der Waals surface area (Å²) in [6.07, 6.45) is 1.34. The van der Waals surface area contributed by atoms with Gasteiger partial charge in [0.2, 0.25) is 0 Å². The lowest BCUT2D eigenvalue weighted by molar-refractivity contribution is -0.0130. The second kappa shape index (κ2) is 6.09. The highest BCUT2D eigenvalue weighted by Gasteiger charge is 2.49. The molecule has 0 radical (unpaired) electrons. The summed E-state index contributed by atoms with van der Waals surface area (Å²) in [6.45, 7) is 6.13. The fourth-order valence-electron chi connectivity index (χ4n) is 4.47. The van der Waals surface area contributed by atoms with Crippen LogP contribution in [0.15, 0.2) is 36.4 Å². The van der Waals surface area contributed by atoms with E-state index < -0.39 is 5.72 Å². The van der Waals surface area contributed by atoms with E-state index in [0.29, 0.717) is 23.7 Å². The lowest BCUT2D eigenvalue weighted by atomic mass is 9.76. The van der Waals surface area contributed by atoms with Crippen molar-refractivity contribution >= 4 is 17.3 Å². The number of ether oxygens (including phenoxy) is 1. The topological polar surface area (TPSA) is 53.5 Å². The average Bonchev–Trinajstić information content (AvgIpc) is 2.51. The Morgan fingerprint density at radius 3 is 2.56 bits per heavy atom. The van der Waals surface area contributed by atoms with Crippen LogP contribution in [0.1, 0.15) is 49.3 Å². The zero-order valence-electron chi connectivity index (χ0n) is 15.6. The summed E-state index contributed by atoms with van der Waals surface area (Å²) in [7, 11) is 0. The fraction of sp³-hybridized carbons (Fsp3) is 0.381. The van der Waals surface area contributed by atoms with E-state index in [9.17, 15) is 9.50 Å². The van der Waals surface area contributed by atoms with Gasteiger partial charge in [-0.25, -0.2) is 4.39 Å². The predicted octanol–water partition coefficient (Wildman–Crippen LogP) is 4.10. The molecule has 0 saturated carbocycles. The third-order valence-electron chi connectivity index (χ3n) is 5.31. The maximum atomic E-state index is 13.5. The minimum atomic E-state index is -0.696. The number of aromatic hydroxyl groups is 1. The molecular weight excluding hydrogens is 363 g/mol. The van der Waals surface area contributed by atoms with Gasteiger partial charge in [-0.05, 0) is 62.3 Å². The van der Waals surface area contributed by atoms with E-state index in [1.807, 2.05) is 19.1 Å². The van der Waals surface area contributed by atoms with Gasteiger partial charge in [0.15, 0.2) is 10.8 Å². The number of phenols is 1. The maximum absolute atomic E-state index is 13.5. The van der Waals surface area contributed by atoms with Crippen LogP contribution < -0.4 is 15.4 Å². The van der Waals surface area contributed by atoms with Crippen molar-refractivity contribution in [2.45, 2.75) is 50.8 Å². The van der Waals surface area contributed by atoms with E-state index in [2.05, 4.69) is 24.5 Å². The van der Waals surface area contributed by atoms with Gasteiger partial charge in [0.25, 0.3) is 0 Å². The predicted molar refractivity (Wildman–Crippen MR) is 107 cm³/mol. The van der Waals surface area contributed by atoms with Crippen molar-refractivity contribution in [1.82, 2.24) is 10.6 Å². The maximum Gasteiger partial charge on any atom is 0.185 e. The summed E-state index contributed by atoms with van der Waals surface area (Å²) in [4.78, 5) is 0. The Hall–Kier alpha value is -2.34. The normalized spacial score (nSPS) is 25.9. The van der Waals surface area contributed by atoms with Crippen LogP contribution in [-0.4, -0.2) is 21.5 Å². The molecule has 1 fully saturated rings. The van der Waals surface area contributed by atoms with E-state index in [0.717, 1.165) is 16.7 Å². The molecule has 2 aliphatic rings. The monoisotopic (exact) mass is 386 g/mol. The number of hydrogen-bond acceptors (Lipinski definition) is 3. The van der Waals surface area contributed by atoms with Crippen LogP contribution in [0.2, 0.25) is 0 Å². The molecule has 0 unspecified atom stereocenters. The van der Waals surface area contributed by atoms with E-state index in [1.54, 1.807) is 12.1 Å². The molecule has 4 nitrogen and oxygen atoms in total. The molecule has 6 heteroatoms. The van der Waals surface area contributed by atoms with Crippen molar-refractivity contribution < 1.29 is 14.2 Å². The highest BCUT2D eigenvalue weighted by atomic mass is 32.1. The van der Waals surface area contributed by atoms with Crippen LogP contribution in [0.3, 0.4) is 0 Å². The Kier molecular flexibility index (Phi) is 4.07. The van der Waals surface area contributed by atoms with Crippen LogP contribution in [0.25, 0.3) is 0 Å². The molecule has 2 aliphatic heterocycles. The van der Waals surface area contributed by atoms with Gasteiger partial charge in [-0.1, -0.05) is 12.1 Å². The Balaban J connectivity index is 1.85. The largest absolute Gasteiger partial charge is 0.508 e. The number of nitrogens with one attached hydrogen (secondary N) is 2. The van der Waals surface area contributed by atoms with Gasteiger partial charge in [-0.15, -0.1) is 0 Å². The average molecular weight is 386 g/mol. The second-order valence-corrected chi connectivity index (χ2v) is 8.63. The quantitative estimate of drug-likeness (QED) is 0.645. The van der Waals surface area contributed by atoms with Crippen LogP contribution in [-0.2, 0) is 0 Å². The number of phenolic OH excluding ortho intramolecular Hbond substituents is 1. The molecule has 2 heterocycles. The molecule has 0 bridgehead atoms. The Labute approximate surface area is 163 Å². The molecule has 27 heavy (non-hydrogen) atoms. The smallest absolute Gasteiger partial charge is 0.185 e. The van der Waals surface area contributed by atoms with Crippen LogP contribution in [0, 0.1) is 12.7 Å². The summed E-state index contributed by atoms with van der Waals surface area (Å²) in [5.41, 5.74) is 2.05. The molecule has 2 aromatic carbocycles. The molecule has 2 aromatic rings. The van der Waals surface area contributed by atoms with Crippen LogP contribution >= 0.6 is 12.2 Å². The number of fused-ring (bicyclic) bond motifs is 1. The number of benzene rings is 2. The molecule has 4 rings (SSSR count). The lowest BCUT2D eigenvalue weighted by Gasteiger charge is -2.50. The van der Waals surface area contributed by atoms with Crippen molar-refractivity contribution in [2.75, 3.05) is 0 Å². The van der Waals surface area contributed by atoms with Gasteiger partial charge in [0.1, 0.15) is 17.3 Å². The van der Waals surface area contributed by atoms with E-state index in [1.165, 1.54) is 12.1 Å². The summed E-state index contributed by atoms with van der Waals surface area (Å²) >= 11 is 5.43. The number of rotatable bonds is 1.